The molecule has 0 aromatic heterocycles. The van der Waals surface area contributed by atoms with Gasteiger partial charge in [-0.1, -0.05) is 442 Å². The van der Waals surface area contributed by atoms with Crippen LogP contribution < -0.4 is 5.32 Å². The van der Waals surface area contributed by atoms with E-state index in [0.29, 0.717) is 107 Å². The fourth-order valence-electron chi connectivity index (χ4n) is 18.8. The van der Waals surface area contributed by atoms with Gasteiger partial charge in [0.25, 0.3) is 0 Å². The molecular formula is C118H234Cl2N4O10. The standard InChI is InChI=1S/C59H116N2O5.C53H105NO4.C6H12ClNO.ClH/c1-8-13-18-21-22-27-32-39-51-61(57(62)47-40-50-60(6)7)56(45-35-28-23-25-30-37-48-58(63)65-52-54(41-16-11-4)43-33-19-14-9-2)46-36-29-24-26-31-38-49-59(64)66-53-55(42-17-12-5)44-34-20-15-10-3;1-6-11-16-19-20-25-30-37-46-54-51(42-33-26-21-23-28-35-44-52(55)57-47-49(38-14-9-4)40-31-17-12-7-2)43-34-27-22-24-29-36-45-53(56)58-48-50(39-15-10-5)41-32-18-13-8-3;1-8(2)5-3-4-6(7)9;/h54-56H,8-53H2,1-7H3;49-51,54H,6-48H2,1-5H3;3-5H2,1-2H3;1H. The van der Waals surface area contributed by atoms with Gasteiger partial charge in [-0.2, -0.15) is 0 Å². The highest BCUT2D eigenvalue weighted by Crippen LogP contribution is 2.28. The summed E-state index contributed by atoms with van der Waals surface area (Å²) in [7, 11) is 8.15. The second-order valence-corrected chi connectivity index (χ2v) is 42.2. The van der Waals surface area contributed by atoms with Crippen LogP contribution in [-0.2, 0) is 47.7 Å². The van der Waals surface area contributed by atoms with Crippen molar-refractivity contribution in [3.05, 3.63) is 0 Å². The van der Waals surface area contributed by atoms with Crippen LogP contribution in [0.4, 0.5) is 0 Å². The molecule has 1 N–H and O–H groups in total. The molecule has 0 saturated heterocycles. The molecule has 4 unspecified atom stereocenters. The average Bonchev–Trinajstić information content (AvgIpc) is 0.880. The summed E-state index contributed by atoms with van der Waals surface area (Å²) in [6.45, 7) is 29.1. The van der Waals surface area contributed by atoms with E-state index in [1.54, 1.807) is 0 Å². The fraction of sp³-hybridized carbons (Fsp3) is 0.949. The van der Waals surface area contributed by atoms with Crippen LogP contribution in [0.25, 0.3) is 0 Å². The maximum Gasteiger partial charge on any atom is 0.305 e. The summed E-state index contributed by atoms with van der Waals surface area (Å²) in [4.78, 5) is 80.8. The van der Waals surface area contributed by atoms with Gasteiger partial charge >= 0.3 is 23.9 Å². The van der Waals surface area contributed by atoms with Crippen molar-refractivity contribution in [2.75, 3.05) is 80.8 Å². The van der Waals surface area contributed by atoms with Gasteiger partial charge in [-0.05, 0) is 212 Å². The van der Waals surface area contributed by atoms with Crippen LogP contribution in [0.3, 0.4) is 0 Å². The molecule has 800 valence electrons. The number of unbranched alkanes of at least 4 members (excludes halogenated alkanes) is 50. The van der Waals surface area contributed by atoms with Gasteiger partial charge in [0.1, 0.15) is 0 Å². The van der Waals surface area contributed by atoms with Crippen LogP contribution in [0.15, 0.2) is 0 Å². The van der Waals surface area contributed by atoms with E-state index in [1.165, 1.54) is 398 Å². The molecule has 0 radical (unpaired) electrons. The molecule has 1 amide bonds. The second kappa shape index (κ2) is 112. The predicted octanol–water partition coefficient (Wildman–Crippen LogP) is 36.0. The topological polar surface area (TPSA) is 161 Å². The molecule has 0 fully saturated rings. The van der Waals surface area contributed by atoms with Gasteiger partial charge in [0.2, 0.25) is 11.1 Å². The first-order chi connectivity index (χ1) is 64.8. The lowest BCUT2D eigenvalue weighted by Gasteiger charge is -2.33. The molecule has 0 aliphatic rings. The number of amides is 1. The number of carbonyl (C=O) groups is 6. The zero-order chi connectivity index (χ0) is 98.2. The Bertz CT molecular complexity index is 2290. The summed E-state index contributed by atoms with van der Waals surface area (Å²) in [5, 5.41) is 3.73. The SMILES string of the molecule is CCCCCCCCCCN(C(=O)CCCN(C)C)C(CCCCCCCCC(=O)OCC(CCCC)CCCCCC)CCCCCCCCC(=O)OCC(CCCC)CCCCCC.CCCCCCCCCCNC(CCCCCCCCC(=O)OCC(CCCC)CCCCCC)CCCCCCCCC(=O)OCC(CCCC)CCCCCC.CN(C)CCCC(=O)Cl.Cl. The van der Waals surface area contributed by atoms with Crippen LogP contribution >= 0.6 is 24.0 Å². The molecular weight excluding hydrogens is 1700 g/mol. The number of halogens is 2. The summed E-state index contributed by atoms with van der Waals surface area (Å²) < 4.78 is 23.1. The van der Waals surface area contributed by atoms with Gasteiger partial charge in [-0.3, -0.25) is 28.8 Å². The lowest BCUT2D eigenvalue weighted by molar-refractivity contribution is -0.146. The van der Waals surface area contributed by atoms with Crippen molar-refractivity contribution in [2.45, 2.75) is 621 Å². The van der Waals surface area contributed by atoms with Gasteiger partial charge in [0.15, 0.2) is 0 Å². The monoisotopic (exact) mass is 1940 g/mol. The Balaban J connectivity index is -0.00000115. The molecule has 0 spiro atoms. The van der Waals surface area contributed by atoms with Crippen molar-refractivity contribution in [3.63, 3.8) is 0 Å². The first kappa shape index (κ1) is 138. The number of esters is 4. The van der Waals surface area contributed by atoms with Crippen LogP contribution in [0.5, 0.6) is 0 Å². The van der Waals surface area contributed by atoms with Gasteiger partial charge in [0, 0.05) is 57.2 Å². The number of nitrogens with zero attached hydrogens (tertiary/aromatic N) is 3. The van der Waals surface area contributed by atoms with E-state index in [4.69, 9.17) is 30.5 Å². The third-order valence-corrected chi connectivity index (χ3v) is 28.0. The first-order valence-corrected chi connectivity index (χ1v) is 59.3. The molecule has 0 aromatic rings. The van der Waals surface area contributed by atoms with E-state index in [0.717, 1.165) is 129 Å². The van der Waals surface area contributed by atoms with Crippen LogP contribution in [0.2, 0.25) is 0 Å². The van der Waals surface area contributed by atoms with Gasteiger partial charge in [-0.15, -0.1) is 12.4 Å². The molecule has 0 aliphatic heterocycles. The van der Waals surface area contributed by atoms with Crippen molar-refractivity contribution in [1.82, 2.24) is 20.0 Å². The number of rotatable bonds is 104. The molecule has 0 heterocycles. The smallest absolute Gasteiger partial charge is 0.305 e. The van der Waals surface area contributed by atoms with E-state index in [1.807, 2.05) is 19.0 Å². The maximum atomic E-state index is 14.0. The lowest BCUT2D eigenvalue weighted by Crippen LogP contribution is -2.41. The van der Waals surface area contributed by atoms with Crippen molar-refractivity contribution >= 4 is 59.0 Å². The Hall–Kier alpha value is -2.52. The van der Waals surface area contributed by atoms with Crippen molar-refractivity contribution in [3.8, 4) is 0 Å². The minimum atomic E-state index is -0.239. The molecule has 134 heavy (non-hydrogen) atoms. The highest BCUT2D eigenvalue weighted by Gasteiger charge is 2.24. The van der Waals surface area contributed by atoms with E-state index in [-0.39, 0.29) is 41.5 Å². The van der Waals surface area contributed by atoms with Crippen molar-refractivity contribution in [1.29, 1.82) is 0 Å². The molecule has 0 rings (SSSR count). The number of hydrogen-bond donors (Lipinski definition) is 1. The molecule has 0 aromatic carbocycles. The Morgan fingerprint density at radius 2 is 0.448 bits per heavy atom. The Kier molecular flexibility index (Phi) is 116. The molecule has 16 heteroatoms. The number of ether oxygens (including phenoxy) is 4. The number of carbonyl (C=O) groups excluding carboxylic acids is 6. The average molecular weight is 1940 g/mol. The molecule has 4 atom stereocenters. The predicted molar refractivity (Wildman–Crippen MR) is 585 cm³/mol. The van der Waals surface area contributed by atoms with E-state index < -0.39 is 0 Å². The van der Waals surface area contributed by atoms with E-state index in [9.17, 15) is 28.8 Å². The van der Waals surface area contributed by atoms with Crippen LogP contribution in [-0.4, -0.2) is 143 Å². The van der Waals surface area contributed by atoms with Gasteiger partial charge < -0.3 is 39.0 Å². The fourth-order valence-corrected chi connectivity index (χ4v) is 18.9. The minimum absolute atomic E-state index is 0. The normalized spacial score (nSPS) is 12.8. The first-order valence-electron chi connectivity index (χ1n) is 59.0. The number of nitrogens with one attached hydrogen (secondary N) is 1. The Labute approximate surface area is 846 Å². The summed E-state index contributed by atoms with van der Waals surface area (Å²) >= 11 is 5.10. The largest absolute Gasteiger partial charge is 0.465 e. The third-order valence-electron chi connectivity index (χ3n) is 27.8. The highest BCUT2D eigenvalue weighted by molar-refractivity contribution is 6.63. The van der Waals surface area contributed by atoms with Crippen molar-refractivity contribution < 1.29 is 47.7 Å². The Morgan fingerprint density at radius 3 is 0.716 bits per heavy atom. The highest BCUT2D eigenvalue weighted by atomic mass is 35.5. The number of hydrogen-bond acceptors (Lipinski definition) is 13. The third kappa shape index (κ3) is 105. The van der Waals surface area contributed by atoms with Gasteiger partial charge in [0.05, 0.1) is 26.4 Å². The molecule has 0 aliphatic carbocycles. The zero-order valence-electron chi connectivity index (χ0n) is 92.2. The summed E-state index contributed by atoms with van der Waals surface area (Å²) in [6, 6.07) is 0.973. The minimum Gasteiger partial charge on any atom is -0.465 e. The quantitative estimate of drug-likeness (QED) is 0.0265. The maximum absolute atomic E-state index is 14.0. The molecule has 14 nitrogen and oxygen atoms in total. The van der Waals surface area contributed by atoms with Gasteiger partial charge in [-0.25, -0.2) is 0 Å². The summed E-state index contributed by atoms with van der Waals surface area (Å²) in [5.74, 6) is 2.55. The molecule has 0 bridgehead atoms. The second-order valence-electron chi connectivity index (χ2n) is 41.8. The van der Waals surface area contributed by atoms with E-state index >= 15 is 0 Å². The van der Waals surface area contributed by atoms with Crippen molar-refractivity contribution in [2.24, 2.45) is 23.7 Å². The van der Waals surface area contributed by atoms with E-state index in [2.05, 4.69) is 98.4 Å². The summed E-state index contributed by atoms with van der Waals surface area (Å²) in [5.41, 5.74) is 0. The Morgan fingerprint density at radius 1 is 0.231 bits per heavy atom. The lowest BCUT2D eigenvalue weighted by atomic mass is 9.96. The van der Waals surface area contributed by atoms with Crippen LogP contribution in [0.1, 0.15) is 609 Å². The van der Waals surface area contributed by atoms with Crippen LogP contribution in [0, 0.1) is 23.7 Å². The zero-order valence-corrected chi connectivity index (χ0v) is 93.8. The summed E-state index contributed by atoms with van der Waals surface area (Å²) in [6.07, 6.45) is 99.1. The molecule has 0 saturated carbocycles.